The van der Waals surface area contributed by atoms with Gasteiger partial charge in [-0.1, -0.05) is 30.3 Å². The third kappa shape index (κ3) is 3.28. The number of hydrogen-bond donors (Lipinski definition) is 0. The minimum Gasteiger partial charge on any atom is -0.371 e. The normalized spacial score (nSPS) is 17.1. The van der Waals surface area contributed by atoms with Gasteiger partial charge in [-0.25, -0.2) is 0 Å². The van der Waals surface area contributed by atoms with E-state index < -0.39 is 0 Å². The van der Waals surface area contributed by atoms with E-state index in [1.807, 2.05) is 35.2 Å². The Bertz CT molecular complexity index is 706. The molecule has 0 radical (unpaired) electrons. The Morgan fingerprint density at radius 3 is 2.58 bits per heavy atom. The van der Waals surface area contributed by atoms with Crippen LogP contribution in [0.1, 0.15) is 41.7 Å². The number of amides is 1. The van der Waals surface area contributed by atoms with Gasteiger partial charge in [0.1, 0.15) is 5.69 Å². The Morgan fingerprint density at radius 2 is 1.88 bits per heavy atom. The van der Waals surface area contributed by atoms with Crippen LogP contribution < -0.4 is 4.90 Å². The molecule has 2 heterocycles. The maximum Gasteiger partial charge on any atom is 0.273 e. The first-order chi connectivity index (χ1) is 11.8. The van der Waals surface area contributed by atoms with Crippen molar-refractivity contribution in [3.63, 3.8) is 0 Å². The van der Waals surface area contributed by atoms with Crippen LogP contribution in [-0.4, -0.2) is 34.9 Å². The van der Waals surface area contributed by atoms with Crippen molar-refractivity contribution in [1.29, 1.82) is 0 Å². The summed E-state index contributed by atoms with van der Waals surface area (Å²) >= 11 is 0. The van der Waals surface area contributed by atoms with Crippen LogP contribution in [0.3, 0.4) is 0 Å². The monoisotopic (exact) mass is 321 g/mol. The summed E-state index contributed by atoms with van der Waals surface area (Å²) in [6.45, 7) is 2.82. The summed E-state index contributed by atoms with van der Waals surface area (Å²) in [5.74, 6) is 0.0578. The molecule has 2 aromatic rings. The molecule has 1 saturated carbocycles. The summed E-state index contributed by atoms with van der Waals surface area (Å²) in [5, 5.41) is 0. The Morgan fingerprint density at radius 1 is 1.12 bits per heavy atom. The number of carbonyl (C=O) groups excluding carboxylic acids is 1. The molecule has 4 nitrogen and oxygen atoms in total. The summed E-state index contributed by atoms with van der Waals surface area (Å²) in [7, 11) is 0. The largest absolute Gasteiger partial charge is 0.371 e. The number of rotatable bonds is 5. The molecule has 4 rings (SSSR count). The summed E-state index contributed by atoms with van der Waals surface area (Å²) in [5.41, 5.74) is 2.87. The van der Waals surface area contributed by atoms with Crippen molar-refractivity contribution in [2.45, 2.75) is 38.3 Å². The summed E-state index contributed by atoms with van der Waals surface area (Å²) < 4.78 is 0. The summed E-state index contributed by atoms with van der Waals surface area (Å²) in [6.07, 6.45) is 6.44. The van der Waals surface area contributed by atoms with Crippen LogP contribution >= 0.6 is 0 Å². The SMILES string of the molecule is O=C(c1cc(N2CCCC2)ccn1)N(Cc1ccccc1)C1CC1. The molecule has 1 aliphatic carbocycles. The molecular weight excluding hydrogens is 298 g/mol. The smallest absolute Gasteiger partial charge is 0.273 e. The third-order valence-corrected chi connectivity index (χ3v) is 4.88. The van der Waals surface area contributed by atoms with Crippen molar-refractivity contribution in [2.75, 3.05) is 18.0 Å². The lowest BCUT2D eigenvalue weighted by Crippen LogP contribution is -2.33. The Labute approximate surface area is 143 Å². The molecule has 1 aromatic heterocycles. The van der Waals surface area contributed by atoms with Crippen LogP contribution in [-0.2, 0) is 6.54 Å². The lowest BCUT2D eigenvalue weighted by molar-refractivity contribution is 0.0724. The Hall–Kier alpha value is -2.36. The Balaban J connectivity index is 1.55. The van der Waals surface area contributed by atoms with Crippen LogP contribution in [0.25, 0.3) is 0 Å². The molecule has 1 saturated heterocycles. The van der Waals surface area contributed by atoms with Crippen LogP contribution in [0.2, 0.25) is 0 Å². The molecule has 2 fully saturated rings. The van der Waals surface area contributed by atoms with E-state index in [9.17, 15) is 4.79 Å². The van der Waals surface area contributed by atoms with Gasteiger partial charge < -0.3 is 9.80 Å². The van der Waals surface area contributed by atoms with Crippen molar-refractivity contribution in [3.05, 3.63) is 59.9 Å². The molecule has 1 aliphatic heterocycles. The van der Waals surface area contributed by atoms with E-state index in [0.717, 1.165) is 31.6 Å². The zero-order valence-corrected chi connectivity index (χ0v) is 13.9. The van der Waals surface area contributed by atoms with E-state index in [0.29, 0.717) is 18.3 Å². The molecule has 0 atom stereocenters. The van der Waals surface area contributed by atoms with E-state index in [1.165, 1.54) is 18.4 Å². The number of anilines is 1. The number of nitrogens with zero attached hydrogens (tertiary/aromatic N) is 3. The standard InChI is InChI=1S/C20H23N3O/c24-20(19-14-18(10-11-21-19)22-12-4-5-13-22)23(17-8-9-17)15-16-6-2-1-3-7-16/h1-3,6-7,10-11,14,17H,4-5,8-9,12-13,15H2. The second-order valence-electron chi connectivity index (χ2n) is 6.74. The highest BCUT2D eigenvalue weighted by atomic mass is 16.2. The second kappa shape index (κ2) is 6.63. The topological polar surface area (TPSA) is 36.4 Å². The van der Waals surface area contributed by atoms with Crippen LogP contribution in [0.5, 0.6) is 0 Å². The van der Waals surface area contributed by atoms with Crippen molar-refractivity contribution >= 4 is 11.6 Å². The first kappa shape index (κ1) is 15.2. The maximum atomic E-state index is 13.0. The molecule has 0 bridgehead atoms. The van der Waals surface area contributed by atoms with Gasteiger partial charge in [0, 0.05) is 37.6 Å². The molecule has 0 spiro atoms. The van der Waals surface area contributed by atoms with Crippen molar-refractivity contribution in [3.8, 4) is 0 Å². The molecule has 2 aliphatic rings. The van der Waals surface area contributed by atoms with Gasteiger partial charge in [-0.3, -0.25) is 9.78 Å². The van der Waals surface area contributed by atoms with Gasteiger partial charge >= 0.3 is 0 Å². The quantitative estimate of drug-likeness (QED) is 0.846. The van der Waals surface area contributed by atoms with Gasteiger partial charge in [0.05, 0.1) is 0 Å². The van der Waals surface area contributed by atoms with Crippen LogP contribution in [0.4, 0.5) is 5.69 Å². The summed E-state index contributed by atoms with van der Waals surface area (Å²) in [4.78, 5) is 21.7. The van der Waals surface area contributed by atoms with Crippen LogP contribution in [0, 0.1) is 0 Å². The lowest BCUT2D eigenvalue weighted by atomic mass is 10.2. The molecule has 124 valence electrons. The predicted molar refractivity (Wildman–Crippen MR) is 95.0 cm³/mol. The fourth-order valence-electron chi connectivity index (χ4n) is 3.39. The van der Waals surface area contributed by atoms with E-state index in [1.54, 1.807) is 6.20 Å². The lowest BCUT2D eigenvalue weighted by Gasteiger charge is -2.23. The minimum atomic E-state index is 0.0578. The highest BCUT2D eigenvalue weighted by molar-refractivity contribution is 5.93. The van der Waals surface area contributed by atoms with Gasteiger partial charge in [-0.2, -0.15) is 0 Å². The molecule has 4 heteroatoms. The highest BCUT2D eigenvalue weighted by Crippen LogP contribution is 2.30. The molecule has 1 amide bonds. The van der Waals surface area contributed by atoms with Crippen molar-refractivity contribution in [1.82, 2.24) is 9.88 Å². The molecule has 0 unspecified atom stereocenters. The first-order valence-electron chi connectivity index (χ1n) is 8.87. The second-order valence-corrected chi connectivity index (χ2v) is 6.74. The molecule has 1 aromatic carbocycles. The number of pyridine rings is 1. The van der Waals surface area contributed by atoms with Crippen LogP contribution in [0.15, 0.2) is 48.7 Å². The number of hydrogen-bond acceptors (Lipinski definition) is 3. The minimum absolute atomic E-state index is 0.0578. The molecular formula is C20H23N3O. The Kier molecular flexibility index (Phi) is 4.20. The van der Waals surface area contributed by atoms with E-state index in [4.69, 9.17) is 0 Å². The van der Waals surface area contributed by atoms with Gasteiger partial charge in [0.15, 0.2) is 0 Å². The fourth-order valence-corrected chi connectivity index (χ4v) is 3.39. The highest BCUT2D eigenvalue weighted by Gasteiger charge is 2.33. The fraction of sp³-hybridized carbons (Fsp3) is 0.400. The van der Waals surface area contributed by atoms with Gasteiger partial charge in [0.2, 0.25) is 0 Å². The zero-order valence-electron chi connectivity index (χ0n) is 13.9. The third-order valence-electron chi connectivity index (χ3n) is 4.88. The number of benzene rings is 1. The molecule has 24 heavy (non-hydrogen) atoms. The molecule has 0 N–H and O–H groups in total. The number of carbonyl (C=O) groups is 1. The van der Waals surface area contributed by atoms with Gasteiger partial charge in [-0.15, -0.1) is 0 Å². The van der Waals surface area contributed by atoms with E-state index in [-0.39, 0.29) is 5.91 Å². The maximum absolute atomic E-state index is 13.0. The van der Waals surface area contributed by atoms with Gasteiger partial charge in [0.25, 0.3) is 5.91 Å². The van der Waals surface area contributed by atoms with Gasteiger partial charge in [-0.05, 0) is 43.4 Å². The summed E-state index contributed by atoms with van der Waals surface area (Å²) in [6, 6.07) is 14.6. The average molecular weight is 321 g/mol. The van der Waals surface area contributed by atoms with Crippen molar-refractivity contribution < 1.29 is 4.79 Å². The first-order valence-corrected chi connectivity index (χ1v) is 8.87. The zero-order chi connectivity index (χ0) is 16.4. The number of aromatic nitrogens is 1. The van der Waals surface area contributed by atoms with E-state index in [2.05, 4.69) is 22.0 Å². The van der Waals surface area contributed by atoms with E-state index >= 15 is 0 Å². The van der Waals surface area contributed by atoms with Crippen molar-refractivity contribution in [2.24, 2.45) is 0 Å². The average Bonchev–Trinajstić information content (AvgIpc) is 3.33. The predicted octanol–water partition coefficient (Wildman–Crippen LogP) is 3.49.